The number of halogens is 2. The maximum Gasteiger partial charge on any atom is 0.227 e. The summed E-state index contributed by atoms with van der Waals surface area (Å²) in [6.07, 6.45) is 0. The number of primary amides is 1. The van der Waals surface area contributed by atoms with Crippen LogP contribution in [0.2, 0.25) is 5.02 Å². The molecule has 2 N–H and O–H groups in total. The molecule has 134 valence electrons. The van der Waals surface area contributed by atoms with Gasteiger partial charge in [0.25, 0.3) is 0 Å². The van der Waals surface area contributed by atoms with Crippen molar-refractivity contribution in [3.8, 4) is 22.8 Å². The van der Waals surface area contributed by atoms with Crippen molar-refractivity contribution in [1.82, 2.24) is 14.8 Å². The summed E-state index contributed by atoms with van der Waals surface area (Å²) in [5, 5.41) is 9.52. The Morgan fingerprint density at radius 1 is 1.27 bits per heavy atom. The lowest BCUT2D eigenvalue weighted by molar-refractivity contribution is -0.115. The molecule has 0 aliphatic rings. The Labute approximate surface area is 167 Å². The first-order valence-electron chi connectivity index (χ1n) is 7.46. The number of nitrogens with two attached hydrogens (primary N) is 1. The zero-order chi connectivity index (χ0) is 18.7. The van der Waals surface area contributed by atoms with E-state index in [1.807, 2.05) is 34.9 Å². The van der Waals surface area contributed by atoms with Crippen molar-refractivity contribution in [2.24, 2.45) is 5.73 Å². The van der Waals surface area contributed by atoms with E-state index in [4.69, 9.17) is 22.1 Å². The number of carbonyl (C=O) groups excluding carboxylic acids is 1. The van der Waals surface area contributed by atoms with E-state index in [1.165, 1.54) is 11.8 Å². The Balaban J connectivity index is 2.12. The molecule has 0 aliphatic heterocycles. The predicted octanol–water partition coefficient (Wildman–Crippen LogP) is 3.94. The van der Waals surface area contributed by atoms with Gasteiger partial charge in [-0.3, -0.25) is 9.36 Å². The minimum atomic E-state index is -0.428. The standard InChI is InChI=1S/C17H14BrClN4O2S/c1-25-14-7-6-12(8-13(14)19)23-16(10-2-4-11(18)5-3-10)21-22-17(23)26-9-15(20)24/h2-8H,9H2,1H3,(H2,20,24). The molecule has 0 saturated heterocycles. The molecular weight excluding hydrogens is 440 g/mol. The summed E-state index contributed by atoms with van der Waals surface area (Å²) in [7, 11) is 1.56. The van der Waals surface area contributed by atoms with Gasteiger partial charge in [-0.15, -0.1) is 10.2 Å². The number of rotatable bonds is 6. The van der Waals surface area contributed by atoms with Gasteiger partial charge in [0.05, 0.1) is 23.6 Å². The average molecular weight is 454 g/mol. The maximum atomic E-state index is 11.2. The molecule has 1 heterocycles. The van der Waals surface area contributed by atoms with E-state index in [2.05, 4.69) is 26.1 Å². The first kappa shape index (κ1) is 18.8. The fourth-order valence-electron chi connectivity index (χ4n) is 2.31. The lowest BCUT2D eigenvalue weighted by atomic mass is 10.2. The van der Waals surface area contributed by atoms with Crippen molar-refractivity contribution in [1.29, 1.82) is 0 Å². The number of nitrogens with zero attached hydrogens (tertiary/aromatic N) is 3. The molecule has 3 rings (SSSR count). The van der Waals surface area contributed by atoms with Crippen LogP contribution in [-0.4, -0.2) is 33.5 Å². The highest BCUT2D eigenvalue weighted by Crippen LogP contribution is 2.32. The Bertz CT molecular complexity index is 946. The fourth-order valence-corrected chi connectivity index (χ4v) is 3.52. The lowest BCUT2D eigenvalue weighted by Gasteiger charge is -2.12. The zero-order valence-corrected chi connectivity index (χ0v) is 16.8. The minimum absolute atomic E-state index is 0.0996. The van der Waals surface area contributed by atoms with E-state index in [9.17, 15) is 4.79 Å². The number of carbonyl (C=O) groups is 1. The van der Waals surface area contributed by atoms with Crippen LogP contribution in [0, 0.1) is 0 Å². The number of hydrogen-bond donors (Lipinski definition) is 1. The minimum Gasteiger partial charge on any atom is -0.495 e. The Morgan fingerprint density at radius 2 is 2.00 bits per heavy atom. The summed E-state index contributed by atoms with van der Waals surface area (Å²) >= 11 is 10.9. The SMILES string of the molecule is COc1ccc(-n2c(SCC(N)=O)nnc2-c2ccc(Br)cc2)cc1Cl. The topological polar surface area (TPSA) is 83.0 Å². The van der Waals surface area contributed by atoms with E-state index >= 15 is 0 Å². The van der Waals surface area contributed by atoms with Crippen molar-refractivity contribution in [2.45, 2.75) is 5.16 Å². The molecule has 0 aliphatic carbocycles. The van der Waals surface area contributed by atoms with Crippen LogP contribution in [-0.2, 0) is 4.79 Å². The normalized spacial score (nSPS) is 10.7. The number of amides is 1. The molecular formula is C17H14BrClN4O2S. The quantitative estimate of drug-likeness (QED) is 0.572. The van der Waals surface area contributed by atoms with Gasteiger partial charge >= 0.3 is 0 Å². The van der Waals surface area contributed by atoms with Crippen LogP contribution < -0.4 is 10.5 Å². The molecule has 0 saturated carbocycles. The van der Waals surface area contributed by atoms with Crippen LogP contribution in [0.1, 0.15) is 0 Å². The Hall–Kier alpha value is -2.03. The van der Waals surface area contributed by atoms with E-state index in [0.717, 1.165) is 15.7 Å². The summed E-state index contributed by atoms with van der Waals surface area (Å²) in [6.45, 7) is 0. The summed E-state index contributed by atoms with van der Waals surface area (Å²) in [5.74, 6) is 0.871. The summed E-state index contributed by atoms with van der Waals surface area (Å²) in [5.41, 5.74) is 6.89. The summed E-state index contributed by atoms with van der Waals surface area (Å²) in [6, 6.07) is 13.1. The van der Waals surface area contributed by atoms with Gasteiger partial charge in [-0.2, -0.15) is 0 Å². The van der Waals surface area contributed by atoms with Gasteiger partial charge in [0.15, 0.2) is 11.0 Å². The summed E-state index contributed by atoms with van der Waals surface area (Å²) < 4.78 is 8.01. The monoisotopic (exact) mass is 452 g/mol. The number of aromatic nitrogens is 3. The molecule has 26 heavy (non-hydrogen) atoms. The second kappa shape index (κ2) is 8.11. The van der Waals surface area contributed by atoms with E-state index < -0.39 is 5.91 Å². The van der Waals surface area contributed by atoms with Crippen molar-refractivity contribution in [3.63, 3.8) is 0 Å². The molecule has 3 aromatic rings. The van der Waals surface area contributed by atoms with Gasteiger partial charge in [0, 0.05) is 10.0 Å². The van der Waals surface area contributed by atoms with E-state index in [-0.39, 0.29) is 5.75 Å². The Kier molecular flexibility index (Phi) is 5.85. The zero-order valence-electron chi connectivity index (χ0n) is 13.6. The molecule has 0 bridgehead atoms. The third-order valence-electron chi connectivity index (χ3n) is 3.47. The maximum absolute atomic E-state index is 11.2. The average Bonchev–Trinajstić information content (AvgIpc) is 3.04. The summed E-state index contributed by atoms with van der Waals surface area (Å²) in [4.78, 5) is 11.2. The van der Waals surface area contributed by atoms with Crippen LogP contribution in [0.15, 0.2) is 52.1 Å². The largest absolute Gasteiger partial charge is 0.495 e. The second-order valence-corrected chi connectivity index (χ2v) is 7.49. The molecule has 0 radical (unpaired) electrons. The van der Waals surface area contributed by atoms with Crippen molar-refractivity contribution < 1.29 is 9.53 Å². The van der Waals surface area contributed by atoms with Crippen LogP contribution in [0.25, 0.3) is 17.1 Å². The number of ether oxygens (including phenoxy) is 1. The van der Waals surface area contributed by atoms with Crippen LogP contribution in [0.4, 0.5) is 0 Å². The lowest BCUT2D eigenvalue weighted by Crippen LogP contribution is -2.13. The molecule has 0 spiro atoms. The molecule has 1 amide bonds. The molecule has 0 atom stereocenters. The van der Waals surface area contributed by atoms with Gasteiger partial charge in [0.2, 0.25) is 5.91 Å². The van der Waals surface area contributed by atoms with Gasteiger partial charge in [-0.05, 0) is 30.3 Å². The first-order valence-corrected chi connectivity index (χ1v) is 9.61. The highest BCUT2D eigenvalue weighted by Gasteiger charge is 2.18. The number of benzene rings is 2. The Morgan fingerprint density at radius 3 is 2.62 bits per heavy atom. The number of methoxy groups -OCH3 is 1. The number of thioether (sulfide) groups is 1. The molecule has 0 unspecified atom stereocenters. The highest BCUT2D eigenvalue weighted by molar-refractivity contribution is 9.10. The molecule has 6 nitrogen and oxygen atoms in total. The highest BCUT2D eigenvalue weighted by atomic mass is 79.9. The molecule has 9 heteroatoms. The smallest absolute Gasteiger partial charge is 0.227 e. The van der Waals surface area contributed by atoms with Gasteiger partial charge in [-0.25, -0.2) is 0 Å². The second-order valence-electron chi connectivity index (χ2n) is 5.22. The fraction of sp³-hybridized carbons (Fsp3) is 0.118. The van der Waals surface area contributed by atoms with Crippen molar-refractivity contribution >= 4 is 45.2 Å². The van der Waals surface area contributed by atoms with Gasteiger partial charge in [0.1, 0.15) is 5.75 Å². The van der Waals surface area contributed by atoms with Crippen molar-refractivity contribution in [3.05, 3.63) is 52.0 Å². The van der Waals surface area contributed by atoms with Gasteiger partial charge < -0.3 is 10.5 Å². The number of hydrogen-bond acceptors (Lipinski definition) is 5. The first-order chi connectivity index (χ1) is 12.5. The molecule has 0 fully saturated rings. The van der Waals surface area contributed by atoms with Gasteiger partial charge in [-0.1, -0.05) is 51.4 Å². The van der Waals surface area contributed by atoms with E-state index in [0.29, 0.717) is 21.8 Å². The van der Waals surface area contributed by atoms with Crippen LogP contribution in [0.3, 0.4) is 0 Å². The van der Waals surface area contributed by atoms with E-state index in [1.54, 1.807) is 19.2 Å². The molecule has 1 aromatic heterocycles. The predicted molar refractivity (Wildman–Crippen MR) is 106 cm³/mol. The molecule has 2 aromatic carbocycles. The van der Waals surface area contributed by atoms with Crippen LogP contribution in [0.5, 0.6) is 5.75 Å². The third kappa shape index (κ3) is 4.03. The van der Waals surface area contributed by atoms with Crippen molar-refractivity contribution in [2.75, 3.05) is 12.9 Å². The third-order valence-corrected chi connectivity index (χ3v) is 5.25. The van der Waals surface area contributed by atoms with Crippen LogP contribution >= 0.6 is 39.3 Å².